The number of hydrogen-bond donors (Lipinski definition) is 1. The predicted octanol–water partition coefficient (Wildman–Crippen LogP) is 3.97. The summed E-state index contributed by atoms with van der Waals surface area (Å²) in [5.74, 6) is 0. The highest BCUT2D eigenvalue weighted by Crippen LogP contribution is 2.30. The monoisotopic (exact) mass is 289 g/mol. The Labute approximate surface area is 125 Å². The van der Waals surface area contributed by atoms with E-state index < -0.39 is 0 Å². The molecule has 0 bridgehead atoms. The molecule has 2 aromatic heterocycles. The second kappa shape index (κ2) is 7.50. The molecule has 2 aromatic rings. The summed E-state index contributed by atoms with van der Waals surface area (Å²) in [6.07, 6.45) is 7.12. The minimum absolute atomic E-state index is 0.935. The molecule has 0 atom stereocenters. The maximum Gasteiger partial charge on any atom is 0.124 e. The summed E-state index contributed by atoms with van der Waals surface area (Å²) < 4.78 is 0. The van der Waals surface area contributed by atoms with Crippen LogP contribution < -0.4 is 5.32 Å². The first-order valence-corrected chi connectivity index (χ1v) is 8.18. The molecule has 20 heavy (non-hydrogen) atoms. The van der Waals surface area contributed by atoms with E-state index in [0.29, 0.717) is 0 Å². The fourth-order valence-corrected chi connectivity index (χ4v) is 3.33. The zero-order valence-corrected chi connectivity index (χ0v) is 13.4. The summed E-state index contributed by atoms with van der Waals surface area (Å²) in [6, 6.07) is 2.06. The van der Waals surface area contributed by atoms with Crippen LogP contribution in [0.25, 0.3) is 10.6 Å². The van der Waals surface area contributed by atoms with Crippen molar-refractivity contribution in [1.82, 2.24) is 15.3 Å². The molecule has 0 saturated carbocycles. The number of pyridine rings is 1. The zero-order valence-electron chi connectivity index (χ0n) is 12.6. The van der Waals surface area contributed by atoms with Gasteiger partial charge in [0, 0.05) is 29.4 Å². The van der Waals surface area contributed by atoms with Crippen LogP contribution in [-0.4, -0.2) is 16.5 Å². The van der Waals surface area contributed by atoms with Crippen molar-refractivity contribution in [3.8, 4) is 10.6 Å². The van der Waals surface area contributed by atoms with Crippen molar-refractivity contribution in [3.63, 3.8) is 0 Å². The molecule has 0 aliphatic rings. The number of nitrogens with zero attached hydrogens (tertiary/aromatic N) is 2. The highest BCUT2D eigenvalue weighted by Gasteiger charge is 2.13. The summed E-state index contributed by atoms with van der Waals surface area (Å²) in [6.45, 7) is 8.49. The Morgan fingerprint density at radius 2 is 2.10 bits per heavy atom. The van der Waals surface area contributed by atoms with Gasteiger partial charge in [0.05, 0.1) is 5.69 Å². The third-order valence-electron chi connectivity index (χ3n) is 3.23. The van der Waals surface area contributed by atoms with E-state index in [1.165, 1.54) is 21.7 Å². The molecule has 3 nitrogen and oxygen atoms in total. The maximum atomic E-state index is 4.86. The quantitative estimate of drug-likeness (QED) is 0.784. The van der Waals surface area contributed by atoms with Gasteiger partial charge in [-0.2, -0.15) is 0 Å². The Morgan fingerprint density at radius 3 is 2.80 bits per heavy atom. The van der Waals surface area contributed by atoms with Crippen molar-refractivity contribution in [1.29, 1.82) is 0 Å². The van der Waals surface area contributed by atoms with Gasteiger partial charge in [0.2, 0.25) is 0 Å². The first-order chi connectivity index (χ1) is 9.76. The van der Waals surface area contributed by atoms with Gasteiger partial charge < -0.3 is 5.32 Å². The van der Waals surface area contributed by atoms with Gasteiger partial charge in [0.15, 0.2) is 0 Å². The molecule has 0 unspecified atom stereocenters. The minimum Gasteiger partial charge on any atom is -0.312 e. The van der Waals surface area contributed by atoms with E-state index in [4.69, 9.17) is 4.98 Å². The molecule has 0 fully saturated rings. The first-order valence-electron chi connectivity index (χ1n) is 7.36. The van der Waals surface area contributed by atoms with E-state index >= 15 is 0 Å². The molecule has 0 spiro atoms. The van der Waals surface area contributed by atoms with Crippen LogP contribution in [0.5, 0.6) is 0 Å². The molecule has 1 N–H and O–H groups in total. The van der Waals surface area contributed by atoms with E-state index in [0.717, 1.165) is 37.4 Å². The van der Waals surface area contributed by atoms with Gasteiger partial charge in [-0.15, -0.1) is 11.3 Å². The van der Waals surface area contributed by atoms with Crippen LogP contribution in [0.1, 0.15) is 42.8 Å². The van der Waals surface area contributed by atoms with Gasteiger partial charge >= 0.3 is 0 Å². The van der Waals surface area contributed by atoms with Crippen LogP contribution >= 0.6 is 11.3 Å². The Kier molecular flexibility index (Phi) is 5.68. The molecule has 0 aromatic carbocycles. The number of hydrogen-bond acceptors (Lipinski definition) is 4. The number of thiazole rings is 1. The van der Waals surface area contributed by atoms with Crippen molar-refractivity contribution in [3.05, 3.63) is 34.6 Å². The Balaban J connectivity index is 2.26. The van der Waals surface area contributed by atoms with Crippen molar-refractivity contribution < 1.29 is 0 Å². The van der Waals surface area contributed by atoms with E-state index in [1.54, 1.807) is 0 Å². The van der Waals surface area contributed by atoms with Gasteiger partial charge in [-0.25, -0.2) is 4.98 Å². The Hall–Kier alpha value is -1.26. The highest BCUT2D eigenvalue weighted by molar-refractivity contribution is 7.15. The van der Waals surface area contributed by atoms with Gasteiger partial charge in [0.25, 0.3) is 0 Å². The van der Waals surface area contributed by atoms with Crippen LogP contribution in [0.2, 0.25) is 0 Å². The summed E-state index contributed by atoms with van der Waals surface area (Å²) in [5, 5.41) is 4.61. The predicted molar refractivity (Wildman–Crippen MR) is 86.1 cm³/mol. The SMILES string of the molecule is CCCNCc1sc(-c2ccncc2C)nc1CCC. The van der Waals surface area contributed by atoms with Crippen molar-refractivity contribution >= 4 is 11.3 Å². The summed E-state index contributed by atoms with van der Waals surface area (Å²) >= 11 is 1.82. The largest absolute Gasteiger partial charge is 0.312 e. The number of nitrogens with one attached hydrogen (secondary N) is 1. The normalized spacial score (nSPS) is 10.9. The van der Waals surface area contributed by atoms with Crippen molar-refractivity contribution in [2.45, 2.75) is 46.6 Å². The summed E-state index contributed by atoms with van der Waals surface area (Å²) in [7, 11) is 0. The second-order valence-electron chi connectivity index (χ2n) is 5.01. The summed E-state index contributed by atoms with van der Waals surface area (Å²) in [4.78, 5) is 10.4. The van der Waals surface area contributed by atoms with E-state index in [2.05, 4.69) is 37.1 Å². The third-order valence-corrected chi connectivity index (χ3v) is 4.36. The standard InChI is InChI=1S/C16H23N3S/c1-4-6-14-15(11-17-8-5-2)20-16(19-14)13-7-9-18-10-12(13)3/h7,9-10,17H,4-6,8,11H2,1-3H3. The topological polar surface area (TPSA) is 37.8 Å². The fourth-order valence-electron chi connectivity index (χ4n) is 2.16. The minimum atomic E-state index is 0.935. The molecule has 0 aliphatic heterocycles. The molecule has 0 radical (unpaired) electrons. The van der Waals surface area contributed by atoms with Crippen LogP contribution in [0, 0.1) is 6.92 Å². The number of rotatable bonds is 7. The van der Waals surface area contributed by atoms with E-state index in [9.17, 15) is 0 Å². The second-order valence-corrected chi connectivity index (χ2v) is 6.09. The molecule has 0 amide bonds. The van der Waals surface area contributed by atoms with Crippen molar-refractivity contribution in [2.24, 2.45) is 0 Å². The molecule has 0 aliphatic carbocycles. The summed E-state index contributed by atoms with van der Waals surface area (Å²) in [5.41, 5.74) is 3.66. The lowest BCUT2D eigenvalue weighted by Gasteiger charge is -2.02. The van der Waals surface area contributed by atoms with Crippen LogP contribution in [0.15, 0.2) is 18.5 Å². The van der Waals surface area contributed by atoms with E-state index in [1.807, 2.05) is 23.7 Å². The third kappa shape index (κ3) is 3.64. The van der Waals surface area contributed by atoms with E-state index in [-0.39, 0.29) is 0 Å². The smallest absolute Gasteiger partial charge is 0.124 e. The maximum absolute atomic E-state index is 4.86. The molecule has 0 saturated heterocycles. The fraction of sp³-hybridized carbons (Fsp3) is 0.500. The van der Waals surface area contributed by atoms with Crippen LogP contribution in [0.3, 0.4) is 0 Å². The molecule has 2 rings (SSSR count). The average Bonchev–Trinajstić information content (AvgIpc) is 2.83. The molecule has 2 heterocycles. The van der Waals surface area contributed by atoms with Gasteiger partial charge in [0.1, 0.15) is 5.01 Å². The Morgan fingerprint density at radius 1 is 1.25 bits per heavy atom. The Bertz CT molecular complexity index is 548. The lowest BCUT2D eigenvalue weighted by atomic mass is 10.2. The first kappa shape index (κ1) is 15.1. The van der Waals surface area contributed by atoms with Crippen molar-refractivity contribution in [2.75, 3.05) is 6.54 Å². The lowest BCUT2D eigenvalue weighted by molar-refractivity contribution is 0.674. The lowest BCUT2D eigenvalue weighted by Crippen LogP contribution is -2.13. The van der Waals surface area contributed by atoms with Gasteiger partial charge in [-0.05, 0) is 37.9 Å². The van der Waals surface area contributed by atoms with Gasteiger partial charge in [-0.1, -0.05) is 20.3 Å². The van der Waals surface area contributed by atoms with Crippen LogP contribution in [-0.2, 0) is 13.0 Å². The number of aryl methyl sites for hydroxylation is 2. The number of aromatic nitrogens is 2. The highest BCUT2D eigenvalue weighted by atomic mass is 32.1. The average molecular weight is 289 g/mol. The molecule has 4 heteroatoms. The zero-order chi connectivity index (χ0) is 14.4. The molecule has 108 valence electrons. The molecular weight excluding hydrogens is 266 g/mol. The molecular formula is C16H23N3S. The van der Waals surface area contributed by atoms with Crippen LogP contribution in [0.4, 0.5) is 0 Å². The van der Waals surface area contributed by atoms with Gasteiger partial charge in [-0.3, -0.25) is 4.98 Å².